The summed E-state index contributed by atoms with van der Waals surface area (Å²) in [4.78, 5) is 24.7. The van der Waals surface area contributed by atoms with Gasteiger partial charge in [-0.25, -0.2) is 32.7 Å². The van der Waals surface area contributed by atoms with Crippen molar-refractivity contribution in [2.45, 2.75) is 50.0 Å². The summed E-state index contributed by atoms with van der Waals surface area (Å²) < 4.78 is 76.6. The zero-order valence-electron chi connectivity index (χ0n) is 20.3. The molecule has 1 saturated heterocycles. The standard InChI is InChI=1S/C13H16FNO2S.C11H8F3N5O/c1-8-7-12-9(2)13(12)15(8)18(16,17)11-5-3-10(14)4-6-11;12-11(13,14)10-16-2-7(3-17-10)9-1-8(4-15-6-20)18-5-19-9/h3-6,8-9,12-13H,7H2,1-2H3;1-3,5-6H,4H2,(H,15,20)/t8-,9+,12?,13?;/m1./s1. The number of benzene rings is 1. The third kappa shape index (κ3) is 5.80. The fourth-order valence-electron chi connectivity index (χ4n) is 4.62. The third-order valence-corrected chi connectivity index (χ3v) is 8.56. The lowest BCUT2D eigenvalue weighted by Gasteiger charge is -2.25. The lowest BCUT2D eigenvalue weighted by Crippen LogP contribution is -2.37. The molecule has 0 spiro atoms. The first kappa shape index (κ1) is 27.5. The molecular weight excluding hydrogens is 528 g/mol. The Bertz CT molecular complexity index is 1390. The van der Waals surface area contributed by atoms with E-state index in [-0.39, 0.29) is 23.5 Å². The smallest absolute Gasteiger partial charge is 0.353 e. The first-order chi connectivity index (χ1) is 17.9. The Morgan fingerprint density at radius 3 is 2.32 bits per heavy atom. The minimum Gasteiger partial charge on any atom is -0.353 e. The van der Waals surface area contributed by atoms with Gasteiger partial charge in [-0.1, -0.05) is 6.92 Å². The van der Waals surface area contributed by atoms with Crippen molar-refractivity contribution in [1.82, 2.24) is 29.6 Å². The Morgan fingerprint density at radius 2 is 1.74 bits per heavy atom. The van der Waals surface area contributed by atoms with E-state index in [1.807, 2.05) is 6.92 Å². The molecule has 1 amide bonds. The fraction of sp³-hybridized carbons (Fsp3) is 0.375. The van der Waals surface area contributed by atoms with Crippen LogP contribution in [0.2, 0.25) is 0 Å². The van der Waals surface area contributed by atoms with Gasteiger partial charge >= 0.3 is 6.18 Å². The van der Waals surface area contributed by atoms with Gasteiger partial charge in [0.25, 0.3) is 0 Å². The van der Waals surface area contributed by atoms with Gasteiger partial charge < -0.3 is 5.32 Å². The molecular formula is C24H24F4N6O3S. The maximum atomic E-state index is 12.9. The summed E-state index contributed by atoms with van der Waals surface area (Å²) in [6.07, 6.45) is 0.192. The van der Waals surface area contributed by atoms with Crippen LogP contribution in [0.1, 0.15) is 31.8 Å². The number of carbonyl (C=O) groups is 1. The van der Waals surface area contributed by atoms with Crippen molar-refractivity contribution in [2.24, 2.45) is 11.8 Å². The van der Waals surface area contributed by atoms with Crippen LogP contribution in [-0.4, -0.2) is 51.2 Å². The van der Waals surface area contributed by atoms with E-state index < -0.39 is 27.8 Å². The van der Waals surface area contributed by atoms with Crippen molar-refractivity contribution in [2.75, 3.05) is 0 Å². The maximum absolute atomic E-state index is 12.9. The molecule has 2 fully saturated rings. The molecule has 5 rings (SSSR count). The molecule has 202 valence electrons. The molecule has 1 saturated carbocycles. The fourth-order valence-corrected chi connectivity index (χ4v) is 6.57. The summed E-state index contributed by atoms with van der Waals surface area (Å²) in [5.74, 6) is -0.661. The average molecular weight is 553 g/mol. The van der Waals surface area contributed by atoms with E-state index in [1.54, 1.807) is 4.31 Å². The molecule has 4 atom stereocenters. The van der Waals surface area contributed by atoms with E-state index >= 15 is 0 Å². The van der Waals surface area contributed by atoms with Gasteiger partial charge in [0.2, 0.25) is 22.3 Å². The number of halogens is 4. The number of aromatic nitrogens is 4. The summed E-state index contributed by atoms with van der Waals surface area (Å²) in [7, 11) is -3.48. The number of fused-ring (bicyclic) bond motifs is 1. The molecule has 3 aromatic rings. The van der Waals surface area contributed by atoms with E-state index in [0.717, 1.165) is 18.8 Å². The van der Waals surface area contributed by atoms with Crippen molar-refractivity contribution in [3.63, 3.8) is 0 Å². The number of piperidine rings is 1. The van der Waals surface area contributed by atoms with Crippen LogP contribution < -0.4 is 5.32 Å². The van der Waals surface area contributed by atoms with Gasteiger partial charge in [0.05, 0.1) is 22.8 Å². The highest BCUT2D eigenvalue weighted by Crippen LogP contribution is 2.54. The number of nitrogens with zero attached hydrogens (tertiary/aromatic N) is 5. The summed E-state index contributed by atoms with van der Waals surface area (Å²) in [5.41, 5.74) is 1.21. The first-order valence-corrected chi connectivity index (χ1v) is 13.0. The Hall–Kier alpha value is -3.52. The SMILES string of the molecule is C[C@H]1C2C[C@@H](C)N(S(=O)(=O)c3ccc(F)cc3)C21.O=CNCc1cc(-c2cnc(C(F)(F)F)nc2)ncn1. The van der Waals surface area contributed by atoms with Gasteiger partial charge in [0, 0.05) is 30.0 Å². The second kappa shape index (κ2) is 10.7. The molecule has 1 aliphatic heterocycles. The number of carbonyl (C=O) groups excluding carboxylic acids is 1. The van der Waals surface area contributed by atoms with Crippen LogP contribution in [0.15, 0.2) is 53.9 Å². The molecule has 38 heavy (non-hydrogen) atoms. The van der Waals surface area contributed by atoms with E-state index in [0.29, 0.717) is 35.2 Å². The molecule has 14 heteroatoms. The molecule has 2 aliphatic rings. The lowest BCUT2D eigenvalue weighted by molar-refractivity contribution is -0.145. The highest BCUT2D eigenvalue weighted by molar-refractivity contribution is 7.89. The molecule has 1 aromatic carbocycles. The van der Waals surface area contributed by atoms with Crippen molar-refractivity contribution in [3.8, 4) is 11.3 Å². The van der Waals surface area contributed by atoms with E-state index in [9.17, 15) is 30.8 Å². The van der Waals surface area contributed by atoms with Crippen LogP contribution in [0.5, 0.6) is 0 Å². The monoisotopic (exact) mass is 552 g/mol. The minimum atomic E-state index is -4.58. The predicted octanol–water partition coefficient (Wildman–Crippen LogP) is 3.44. The third-order valence-electron chi connectivity index (χ3n) is 6.53. The summed E-state index contributed by atoms with van der Waals surface area (Å²) in [6, 6.07) is 6.81. The van der Waals surface area contributed by atoms with Gasteiger partial charge in [0.1, 0.15) is 12.1 Å². The van der Waals surface area contributed by atoms with Crippen molar-refractivity contribution >= 4 is 16.4 Å². The summed E-state index contributed by atoms with van der Waals surface area (Å²) in [5, 5.41) is 2.42. The van der Waals surface area contributed by atoms with Crippen molar-refractivity contribution in [1.29, 1.82) is 0 Å². The molecule has 0 bridgehead atoms. The van der Waals surface area contributed by atoms with Gasteiger partial charge in [-0.3, -0.25) is 4.79 Å². The van der Waals surface area contributed by atoms with E-state index in [4.69, 9.17) is 0 Å². The molecule has 0 radical (unpaired) electrons. The molecule has 1 aliphatic carbocycles. The molecule has 1 N–H and O–H groups in total. The zero-order chi connectivity index (χ0) is 27.7. The average Bonchev–Trinajstić information content (AvgIpc) is 3.32. The Morgan fingerprint density at radius 1 is 1.08 bits per heavy atom. The highest BCUT2D eigenvalue weighted by atomic mass is 32.2. The van der Waals surface area contributed by atoms with Crippen LogP contribution >= 0.6 is 0 Å². The first-order valence-electron chi connectivity index (χ1n) is 11.6. The van der Waals surface area contributed by atoms with Gasteiger partial charge in [-0.15, -0.1) is 0 Å². The Labute approximate surface area is 216 Å². The van der Waals surface area contributed by atoms with Crippen LogP contribution in [0, 0.1) is 17.7 Å². The van der Waals surface area contributed by atoms with Gasteiger partial charge in [0.15, 0.2) is 0 Å². The lowest BCUT2D eigenvalue weighted by atomic mass is 10.2. The van der Waals surface area contributed by atoms with Gasteiger partial charge in [-0.05, 0) is 55.5 Å². The molecule has 9 nitrogen and oxygen atoms in total. The number of amides is 1. The number of hydrogen-bond donors (Lipinski definition) is 1. The van der Waals surface area contributed by atoms with Crippen LogP contribution in [0.4, 0.5) is 17.6 Å². The van der Waals surface area contributed by atoms with E-state index in [2.05, 4.69) is 32.2 Å². The highest BCUT2D eigenvalue weighted by Gasteiger charge is 2.60. The van der Waals surface area contributed by atoms with Crippen molar-refractivity contribution < 1.29 is 30.8 Å². The topological polar surface area (TPSA) is 118 Å². The number of nitrogens with one attached hydrogen (secondary N) is 1. The Kier molecular flexibility index (Phi) is 7.74. The summed E-state index contributed by atoms with van der Waals surface area (Å²) in [6.45, 7) is 4.23. The number of hydrogen-bond acceptors (Lipinski definition) is 7. The maximum Gasteiger partial charge on any atom is 0.451 e. The molecule has 3 heterocycles. The van der Waals surface area contributed by atoms with Crippen molar-refractivity contribution in [3.05, 3.63) is 66.4 Å². The Balaban J connectivity index is 0.000000178. The molecule has 2 aromatic heterocycles. The van der Waals surface area contributed by atoms with Gasteiger partial charge in [-0.2, -0.15) is 17.5 Å². The second-order valence-electron chi connectivity index (χ2n) is 9.07. The zero-order valence-corrected chi connectivity index (χ0v) is 21.1. The van der Waals surface area contributed by atoms with E-state index in [1.165, 1.54) is 36.7 Å². The van der Waals surface area contributed by atoms with Crippen LogP contribution in [-0.2, 0) is 27.5 Å². The minimum absolute atomic E-state index is 0.0475. The normalized spacial score (nSPS) is 22.7. The quantitative estimate of drug-likeness (QED) is 0.368. The second-order valence-corrected chi connectivity index (χ2v) is 10.9. The number of sulfonamides is 1. The summed E-state index contributed by atoms with van der Waals surface area (Å²) >= 11 is 0. The largest absolute Gasteiger partial charge is 0.451 e. The van der Waals surface area contributed by atoms with Crippen LogP contribution in [0.25, 0.3) is 11.3 Å². The number of alkyl halides is 3. The number of rotatable bonds is 6. The predicted molar refractivity (Wildman–Crippen MR) is 127 cm³/mol. The molecule has 2 unspecified atom stereocenters. The van der Waals surface area contributed by atoms with Crippen LogP contribution in [0.3, 0.4) is 0 Å².